The van der Waals surface area contributed by atoms with Gasteiger partial charge in [-0.3, -0.25) is 9.55 Å². The first-order valence-corrected chi connectivity index (χ1v) is 5.62. The molecule has 6 heteroatoms. The second-order valence-electron chi connectivity index (χ2n) is 3.40. The molecule has 0 amide bonds. The van der Waals surface area contributed by atoms with Gasteiger partial charge in [0.1, 0.15) is 5.02 Å². The first-order chi connectivity index (χ1) is 8.25. The van der Waals surface area contributed by atoms with Crippen molar-refractivity contribution in [1.82, 2.24) is 19.5 Å². The van der Waals surface area contributed by atoms with Gasteiger partial charge < -0.3 is 0 Å². The fraction of sp³-hybridized carbons (Fsp3) is 0. The predicted octanol–water partition coefficient (Wildman–Crippen LogP) is 3.12. The first kappa shape index (κ1) is 10.5. The summed E-state index contributed by atoms with van der Waals surface area (Å²) in [6.07, 6.45) is 5.07. The van der Waals surface area contributed by atoms with Crippen LogP contribution in [0.1, 0.15) is 0 Å². The summed E-state index contributed by atoms with van der Waals surface area (Å²) in [6.45, 7) is 0. The number of rotatable bonds is 1. The normalized spacial score (nSPS) is 10.9. The fourth-order valence-electron chi connectivity index (χ4n) is 1.66. The highest BCUT2D eigenvalue weighted by Gasteiger charge is 2.09. The standard InChI is InChI=1S/C11H6Cl2N4/c12-7-6-15-11(13)16-10(7)17-5-3-8-9(17)2-1-4-14-8/h1-6H. The highest BCUT2D eigenvalue weighted by atomic mass is 35.5. The third-order valence-corrected chi connectivity index (χ3v) is 2.83. The minimum atomic E-state index is 0.162. The molecule has 0 saturated heterocycles. The Morgan fingerprint density at radius 2 is 2.00 bits per heavy atom. The molecule has 0 N–H and O–H groups in total. The number of aromatic nitrogens is 4. The zero-order valence-electron chi connectivity index (χ0n) is 8.51. The molecule has 0 radical (unpaired) electrons. The quantitative estimate of drug-likeness (QED) is 0.635. The van der Waals surface area contributed by atoms with Gasteiger partial charge in [-0.25, -0.2) is 4.98 Å². The van der Waals surface area contributed by atoms with E-state index in [1.54, 1.807) is 6.20 Å². The molecule has 0 aliphatic carbocycles. The molecule has 0 unspecified atom stereocenters. The van der Waals surface area contributed by atoms with Crippen molar-refractivity contribution < 1.29 is 0 Å². The molecule has 0 aromatic carbocycles. The van der Waals surface area contributed by atoms with E-state index in [2.05, 4.69) is 15.0 Å². The van der Waals surface area contributed by atoms with E-state index in [9.17, 15) is 0 Å². The van der Waals surface area contributed by atoms with Gasteiger partial charge in [-0.2, -0.15) is 4.98 Å². The Bertz CT molecular complexity index is 693. The lowest BCUT2D eigenvalue weighted by Crippen LogP contribution is -1.98. The molecule has 17 heavy (non-hydrogen) atoms. The molecule has 0 atom stereocenters. The number of halogens is 2. The fourth-order valence-corrected chi connectivity index (χ4v) is 1.97. The van der Waals surface area contributed by atoms with Crippen LogP contribution in [0.4, 0.5) is 0 Å². The maximum Gasteiger partial charge on any atom is 0.224 e. The average Bonchev–Trinajstić information content (AvgIpc) is 2.76. The molecule has 0 saturated carbocycles. The third-order valence-electron chi connectivity index (χ3n) is 2.38. The minimum Gasteiger partial charge on any atom is -0.298 e. The smallest absolute Gasteiger partial charge is 0.224 e. The molecule has 0 spiro atoms. The molecule has 0 aliphatic rings. The van der Waals surface area contributed by atoms with Crippen molar-refractivity contribution in [2.24, 2.45) is 0 Å². The van der Waals surface area contributed by atoms with Gasteiger partial charge in [-0.05, 0) is 29.8 Å². The van der Waals surface area contributed by atoms with Crippen molar-refractivity contribution in [2.45, 2.75) is 0 Å². The largest absolute Gasteiger partial charge is 0.298 e. The molecule has 4 nitrogen and oxygen atoms in total. The van der Waals surface area contributed by atoms with Gasteiger partial charge in [0.25, 0.3) is 0 Å². The molecular formula is C11H6Cl2N4. The lowest BCUT2D eigenvalue weighted by atomic mass is 10.4. The summed E-state index contributed by atoms with van der Waals surface area (Å²) in [6, 6.07) is 5.69. The van der Waals surface area contributed by atoms with Crippen LogP contribution >= 0.6 is 23.2 Å². The zero-order chi connectivity index (χ0) is 11.8. The predicted molar refractivity (Wildman–Crippen MR) is 66.7 cm³/mol. The Morgan fingerprint density at radius 3 is 2.88 bits per heavy atom. The third kappa shape index (κ3) is 1.75. The molecule has 3 aromatic rings. The number of pyridine rings is 1. The van der Waals surface area contributed by atoms with Crippen LogP contribution in [-0.2, 0) is 0 Å². The van der Waals surface area contributed by atoms with Gasteiger partial charge in [0.2, 0.25) is 5.28 Å². The Morgan fingerprint density at radius 1 is 1.12 bits per heavy atom. The van der Waals surface area contributed by atoms with Crippen LogP contribution in [0.15, 0.2) is 36.8 Å². The Labute approximate surface area is 107 Å². The SMILES string of the molecule is Clc1ncc(Cl)c(-n2ccc3ncccc32)n1. The van der Waals surface area contributed by atoms with Gasteiger partial charge in [0, 0.05) is 12.4 Å². The van der Waals surface area contributed by atoms with Gasteiger partial charge in [-0.15, -0.1) is 0 Å². The van der Waals surface area contributed by atoms with E-state index in [1.165, 1.54) is 6.20 Å². The van der Waals surface area contributed by atoms with E-state index in [0.717, 1.165) is 11.0 Å². The van der Waals surface area contributed by atoms with Crippen molar-refractivity contribution >= 4 is 34.2 Å². The van der Waals surface area contributed by atoms with Gasteiger partial charge in [-0.1, -0.05) is 11.6 Å². The van der Waals surface area contributed by atoms with Crippen molar-refractivity contribution in [3.8, 4) is 5.82 Å². The highest BCUT2D eigenvalue weighted by Crippen LogP contribution is 2.23. The molecule has 3 aromatic heterocycles. The van der Waals surface area contributed by atoms with E-state index in [4.69, 9.17) is 23.2 Å². The number of nitrogens with zero attached hydrogens (tertiary/aromatic N) is 4. The summed E-state index contributed by atoms with van der Waals surface area (Å²) in [5.74, 6) is 0.551. The monoisotopic (exact) mass is 264 g/mol. The maximum atomic E-state index is 6.06. The van der Waals surface area contributed by atoms with Crippen LogP contribution in [0.2, 0.25) is 10.3 Å². The molecular weight excluding hydrogens is 259 g/mol. The highest BCUT2D eigenvalue weighted by molar-refractivity contribution is 6.33. The second kappa shape index (κ2) is 3.98. The van der Waals surface area contributed by atoms with E-state index >= 15 is 0 Å². The average molecular weight is 265 g/mol. The molecule has 0 fully saturated rings. The number of fused-ring (bicyclic) bond motifs is 1. The number of hydrogen-bond donors (Lipinski definition) is 0. The molecule has 84 valence electrons. The summed E-state index contributed by atoms with van der Waals surface area (Å²) >= 11 is 11.8. The van der Waals surface area contributed by atoms with Crippen LogP contribution in [0.3, 0.4) is 0 Å². The maximum absolute atomic E-state index is 6.06. The Kier molecular flexibility index (Phi) is 2.46. The van der Waals surface area contributed by atoms with Crippen LogP contribution in [0, 0.1) is 0 Å². The van der Waals surface area contributed by atoms with E-state index in [0.29, 0.717) is 10.8 Å². The van der Waals surface area contributed by atoms with Crippen molar-refractivity contribution in [2.75, 3.05) is 0 Å². The minimum absolute atomic E-state index is 0.162. The molecule has 0 bridgehead atoms. The number of hydrogen-bond acceptors (Lipinski definition) is 3. The van der Waals surface area contributed by atoms with Crippen molar-refractivity contribution in [3.63, 3.8) is 0 Å². The summed E-state index contributed by atoms with van der Waals surface area (Å²) in [7, 11) is 0. The van der Waals surface area contributed by atoms with Crippen LogP contribution in [0.5, 0.6) is 0 Å². The van der Waals surface area contributed by atoms with Crippen LogP contribution in [0.25, 0.3) is 16.9 Å². The van der Waals surface area contributed by atoms with Gasteiger partial charge in [0.05, 0.1) is 17.2 Å². The van der Waals surface area contributed by atoms with E-state index < -0.39 is 0 Å². The van der Waals surface area contributed by atoms with Gasteiger partial charge >= 0.3 is 0 Å². The van der Waals surface area contributed by atoms with Crippen LogP contribution < -0.4 is 0 Å². The summed E-state index contributed by atoms with van der Waals surface area (Å²) in [5, 5.41) is 0.603. The Hall–Kier alpha value is -1.65. The van der Waals surface area contributed by atoms with Crippen molar-refractivity contribution in [3.05, 3.63) is 47.1 Å². The topological polar surface area (TPSA) is 43.6 Å². The first-order valence-electron chi connectivity index (χ1n) is 4.86. The second-order valence-corrected chi connectivity index (χ2v) is 4.15. The lowest BCUT2D eigenvalue weighted by molar-refractivity contribution is 1.01. The lowest BCUT2D eigenvalue weighted by Gasteiger charge is -2.05. The molecule has 3 heterocycles. The molecule has 0 aliphatic heterocycles. The summed E-state index contributed by atoms with van der Waals surface area (Å²) in [4.78, 5) is 12.2. The van der Waals surface area contributed by atoms with Crippen molar-refractivity contribution in [1.29, 1.82) is 0 Å². The summed E-state index contributed by atoms with van der Waals surface area (Å²) in [5.41, 5.74) is 1.79. The molecule has 3 rings (SSSR count). The van der Waals surface area contributed by atoms with Crippen LogP contribution in [-0.4, -0.2) is 19.5 Å². The van der Waals surface area contributed by atoms with Gasteiger partial charge in [0.15, 0.2) is 5.82 Å². The van der Waals surface area contributed by atoms with E-state index in [1.807, 2.05) is 29.0 Å². The summed E-state index contributed by atoms with van der Waals surface area (Å²) < 4.78 is 1.83. The Balaban J connectivity index is 2.31. The van der Waals surface area contributed by atoms with E-state index in [-0.39, 0.29) is 5.28 Å². The zero-order valence-corrected chi connectivity index (χ0v) is 10.0.